The Kier molecular flexibility index (Phi) is 5.15. The second kappa shape index (κ2) is 6.41. The average Bonchev–Trinajstić information content (AvgIpc) is 2.27. The van der Waals surface area contributed by atoms with Crippen molar-refractivity contribution in [2.24, 2.45) is 0 Å². The fourth-order valence-electron chi connectivity index (χ4n) is 1.39. The zero-order valence-electron chi connectivity index (χ0n) is 11.8. The number of hydrogen-bond acceptors (Lipinski definition) is 3. The highest BCUT2D eigenvalue weighted by molar-refractivity contribution is 5.67. The molecule has 0 aliphatic rings. The van der Waals surface area contributed by atoms with Crippen LogP contribution in [0.1, 0.15) is 26.3 Å². The van der Waals surface area contributed by atoms with E-state index in [0.717, 1.165) is 0 Å². The van der Waals surface area contributed by atoms with Crippen LogP contribution in [0.5, 0.6) is 0 Å². The van der Waals surface area contributed by atoms with Crippen molar-refractivity contribution >= 4 is 11.8 Å². The highest BCUT2D eigenvalue weighted by Crippen LogP contribution is 2.13. The number of nitrogens with one attached hydrogen (secondary N) is 2. The van der Waals surface area contributed by atoms with Crippen LogP contribution in [0.4, 0.5) is 14.9 Å². The molecule has 0 atom stereocenters. The zero-order chi connectivity index (χ0) is 14.5. The minimum absolute atomic E-state index is 0.245. The van der Waals surface area contributed by atoms with Crippen LogP contribution in [0.15, 0.2) is 18.2 Å². The number of halogens is 1. The molecule has 0 radical (unpaired) electrons. The number of amides is 1. The number of alkyl carbamates (subject to hydrolysis) is 1. The Morgan fingerprint density at radius 3 is 2.58 bits per heavy atom. The third-order valence-electron chi connectivity index (χ3n) is 2.29. The van der Waals surface area contributed by atoms with Crippen LogP contribution >= 0.6 is 0 Å². The van der Waals surface area contributed by atoms with Crippen molar-refractivity contribution in [2.45, 2.75) is 33.3 Å². The third kappa shape index (κ3) is 6.08. The van der Waals surface area contributed by atoms with Crippen LogP contribution in [0.25, 0.3) is 0 Å². The first-order valence-corrected chi connectivity index (χ1v) is 6.25. The van der Waals surface area contributed by atoms with Crippen LogP contribution < -0.4 is 10.6 Å². The Hall–Kier alpha value is -1.78. The van der Waals surface area contributed by atoms with Crippen molar-refractivity contribution in [1.82, 2.24) is 5.32 Å². The number of aryl methyl sites for hydroxylation is 1. The van der Waals surface area contributed by atoms with Gasteiger partial charge in [0.1, 0.15) is 11.4 Å². The number of ether oxygens (including phenoxy) is 1. The summed E-state index contributed by atoms with van der Waals surface area (Å²) < 4.78 is 18.4. The molecule has 0 spiro atoms. The SMILES string of the molecule is Cc1ccc(NCCNC(=O)OC(C)(C)C)cc1F. The van der Waals surface area contributed by atoms with E-state index in [4.69, 9.17) is 4.74 Å². The van der Waals surface area contributed by atoms with Gasteiger partial charge in [0.15, 0.2) is 0 Å². The molecule has 1 amide bonds. The minimum atomic E-state index is -0.502. The number of rotatable bonds is 4. The first-order chi connectivity index (χ1) is 8.78. The summed E-state index contributed by atoms with van der Waals surface area (Å²) in [6, 6.07) is 4.94. The molecule has 0 unspecified atom stereocenters. The van der Waals surface area contributed by atoms with Gasteiger partial charge in [0, 0.05) is 18.8 Å². The van der Waals surface area contributed by atoms with E-state index < -0.39 is 11.7 Å². The topological polar surface area (TPSA) is 50.4 Å². The molecule has 0 fully saturated rings. The summed E-state index contributed by atoms with van der Waals surface area (Å²) in [5.74, 6) is -0.245. The van der Waals surface area contributed by atoms with Gasteiger partial charge in [0.2, 0.25) is 0 Å². The van der Waals surface area contributed by atoms with E-state index in [2.05, 4.69) is 10.6 Å². The monoisotopic (exact) mass is 268 g/mol. The molecular weight excluding hydrogens is 247 g/mol. The Morgan fingerprint density at radius 1 is 1.32 bits per heavy atom. The van der Waals surface area contributed by atoms with E-state index in [9.17, 15) is 9.18 Å². The van der Waals surface area contributed by atoms with E-state index in [-0.39, 0.29) is 5.82 Å². The molecule has 2 N–H and O–H groups in total. The lowest BCUT2D eigenvalue weighted by molar-refractivity contribution is 0.0530. The maximum atomic E-state index is 13.3. The smallest absolute Gasteiger partial charge is 0.407 e. The lowest BCUT2D eigenvalue weighted by atomic mass is 10.2. The van der Waals surface area contributed by atoms with Gasteiger partial charge in [-0.25, -0.2) is 9.18 Å². The van der Waals surface area contributed by atoms with E-state index in [0.29, 0.717) is 24.3 Å². The van der Waals surface area contributed by atoms with Crippen LogP contribution in [-0.4, -0.2) is 24.8 Å². The quantitative estimate of drug-likeness (QED) is 0.825. The van der Waals surface area contributed by atoms with Crippen molar-refractivity contribution in [3.05, 3.63) is 29.6 Å². The Bertz CT molecular complexity index is 442. The molecule has 5 heteroatoms. The molecular formula is C14H21FN2O2. The van der Waals surface area contributed by atoms with Crippen LogP contribution in [0.2, 0.25) is 0 Å². The molecule has 1 aromatic carbocycles. The second-order valence-electron chi connectivity index (χ2n) is 5.32. The second-order valence-corrected chi connectivity index (χ2v) is 5.32. The third-order valence-corrected chi connectivity index (χ3v) is 2.29. The molecule has 0 heterocycles. The Labute approximate surface area is 113 Å². The number of anilines is 1. The molecule has 106 valence electrons. The summed E-state index contributed by atoms with van der Waals surface area (Å²) in [5, 5.41) is 5.64. The van der Waals surface area contributed by atoms with Gasteiger partial charge >= 0.3 is 6.09 Å². The first kappa shape index (κ1) is 15.3. The maximum absolute atomic E-state index is 13.3. The highest BCUT2D eigenvalue weighted by Gasteiger charge is 2.15. The first-order valence-electron chi connectivity index (χ1n) is 6.25. The molecule has 0 saturated heterocycles. The predicted octanol–water partition coefficient (Wildman–Crippen LogP) is 3.07. The van der Waals surface area contributed by atoms with Crippen molar-refractivity contribution < 1.29 is 13.9 Å². The normalized spacial score (nSPS) is 11.0. The van der Waals surface area contributed by atoms with Gasteiger partial charge in [0.05, 0.1) is 0 Å². The summed E-state index contributed by atoms with van der Waals surface area (Å²) in [5.41, 5.74) is 0.795. The van der Waals surface area contributed by atoms with Crippen molar-refractivity contribution in [1.29, 1.82) is 0 Å². The molecule has 0 saturated carbocycles. The van der Waals surface area contributed by atoms with E-state index in [1.165, 1.54) is 6.07 Å². The largest absolute Gasteiger partial charge is 0.444 e. The number of carbonyl (C=O) groups is 1. The fraction of sp³-hybridized carbons (Fsp3) is 0.500. The summed E-state index contributed by atoms with van der Waals surface area (Å²) >= 11 is 0. The minimum Gasteiger partial charge on any atom is -0.444 e. The van der Waals surface area contributed by atoms with Gasteiger partial charge in [0.25, 0.3) is 0 Å². The van der Waals surface area contributed by atoms with E-state index in [1.807, 2.05) is 0 Å². The molecule has 0 bridgehead atoms. The average molecular weight is 268 g/mol. The lowest BCUT2D eigenvalue weighted by Gasteiger charge is -2.19. The summed E-state index contributed by atoms with van der Waals surface area (Å²) in [6.45, 7) is 8.04. The zero-order valence-corrected chi connectivity index (χ0v) is 11.8. The molecule has 4 nitrogen and oxygen atoms in total. The van der Waals surface area contributed by atoms with Gasteiger partial charge < -0.3 is 15.4 Å². The van der Waals surface area contributed by atoms with Gasteiger partial charge in [-0.1, -0.05) is 6.07 Å². The fourth-order valence-corrected chi connectivity index (χ4v) is 1.39. The van der Waals surface area contributed by atoms with Gasteiger partial charge in [-0.3, -0.25) is 0 Å². The van der Waals surface area contributed by atoms with Crippen LogP contribution in [-0.2, 0) is 4.74 Å². The Morgan fingerprint density at radius 2 is 2.00 bits per heavy atom. The van der Waals surface area contributed by atoms with Crippen LogP contribution in [0, 0.1) is 12.7 Å². The van der Waals surface area contributed by atoms with Crippen LogP contribution in [0.3, 0.4) is 0 Å². The highest BCUT2D eigenvalue weighted by atomic mass is 19.1. The number of carbonyl (C=O) groups excluding carboxylic acids is 1. The van der Waals surface area contributed by atoms with Gasteiger partial charge in [-0.2, -0.15) is 0 Å². The summed E-state index contributed by atoms with van der Waals surface area (Å²) in [4.78, 5) is 11.3. The number of benzene rings is 1. The molecule has 1 aromatic rings. The molecule has 19 heavy (non-hydrogen) atoms. The van der Waals surface area contributed by atoms with Crippen molar-refractivity contribution in [3.63, 3.8) is 0 Å². The summed E-state index contributed by atoms with van der Waals surface area (Å²) in [6.07, 6.45) is -0.454. The standard InChI is InChI=1S/C14H21FN2O2/c1-10-5-6-11(9-12(10)15)16-7-8-17-13(18)19-14(2,3)4/h5-6,9,16H,7-8H2,1-4H3,(H,17,18). The summed E-state index contributed by atoms with van der Waals surface area (Å²) in [7, 11) is 0. The molecule has 1 rings (SSSR count). The number of hydrogen-bond donors (Lipinski definition) is 2. The lowest BCUT2D eigenvalue weighted by Crippen LogP contribution is -2.35. The van der Waals surface area contributed by atoms with Crippen molar-refractivity contribution in [3.8, 4) is 0 Å². The maximum Gasteiger partial charge on any atom is 0.407 e. The van der Waals surface area contributed by atoms with Gasteiger partial charge in [-0.05, 0) is 45.4 Å². The predicted molar refractivity (Wildman–Crippen MR) is 73.9 cm³/mol. The van der Waals surface area contributed by atoms with E-state index in [1.54, 1.807) is 39.8 Å². The van der Waals surface area contributed by atoms with Crippen molar-refractivity contribution in [2.75, 3.05) is 18.4 Å². The Balaban J connectivity index is 2.27. The van der Waals surface area contributed by atoms with E-state index >= 15 is 0 Å². The molecule has 0 aliphatic carbocycles. The molecule has 0 aromatic heterocycles. The van der Waals surface area contributed by atoms with Gasteiger partial charge in [-0.15, -0.1) is 0 Å². The molecule has 0 aliphatic heterocycles.